The summed E-state index contributed by atoms with van der Waals surface area (Å²) in [5.74, 6) is 0. The zero-order valence-electron chi connectivity index (χ0n) is 10.9. The lowest BCUT2D eigenvalue weighted by atomic mass is 10.1. The van der Waals surface area contributed by atoms with Crippen LogP contribution in [0.25, 0.3) is 10.9 Å². The summed E-state index contributed by atoms with van der Waals surface area (Å²) >= 11 is 0. The van der Waals surface area contributed by atoms with Gasteiger partial charge in [0, 0.05) is 30.4 Å². The predicted molar refractivity (Wildman–Crippen MR) is 75.7 cm³/mol. The van der Waals surface area contributed by atoms with Crippen molar-refractivity contribution in [1.82, 2.24) is 14.5 Å². The average Bonchev–Trinajstić information content (AvgIpc) is 2.86. The van der Waals surface area contributed by atoms with Crippen LogP contribution in [0.4, 0.5) is 0 Å². The van der Waals surface area contributed by atoms with Crippen LogP contribution >= 0.6 is 0 Å². The van der Waals surface area contributed by atoms with E-state index in [0.29, 0.717) is 6.54 Å². The molecule has 0 unspecified atom stereocenters. The van der Waals surface area contributed by atoms with Gasteiger partial charge in [-0.25, -0.2) is 4.98 Å². The first-order valence-corrected chi connectivity index (χ1v) is 6.32. The van der Waals surface area contributed by atoms with Gasteiger partial charge in [-0.05, 0) is 24.6 Å². The number of para-hydroxylation sites is 1. The fourth-order valence-corrected chi connectivity index (χ4v) is 2.32. The van der Waals surface area contributed by atoms with Crippen LogP contribution < -0.4 is 5.73 Å². The van der Waals surface area contributed by atoms with Gasteiger partial charge in [0.25, 0.3) is 0 Å². The highest BCUT2D eigenvalue weighted by Crippen LogP contribution is 2.19. The molecule has 2 heterocycles. The minimum absolute atomic E-state index is 0.475. The van der Waals surface area contributed by atoms with E-state index < -0.39 is 0 Å². The number of aromatic nitrogens is 3. The first-order valence-electron chi connectivity index (χ1n) is 6.32. The number of rotatable bonds is 3. The standard InChI is InChI=1S/C15H16N4/c1-11-6-12(8-19-9-13(7-16)17-10-19)14-4-2-3-5-15(14)18-11/h2-6,9-10H,7-8,16H2,1H3. The third-order valence-electron chi connectivity index (χ3n) is 3.18. The van der Waals surface area contributed by atoms with Gasteiger partial charge in [0.2, 0.25) is 0 Å². The molecule has 2 aromatic heterocycles. The van der Waals surface area contributed by atoms with E-state index in [1.807, 2.05) is 37.6 Å². The number of benzene rings is 1. The quantitative estimate of drug-likeness (QED) is 0.777. The number of nitrogens with zero attached hydrogens (tertiary/aromatic N) is 3. The third kappa shape index (κ3) is 2.35. The molecular formula is C15H16N4. The van der Waals surface area contributed by atoms with Crippen LogP contribution in [0.15, 0.2) is 42.9 Å². The first kappa shape index (κ1) is 11.9. The summed E-state index contributed by atoms with van der Waals surface area (Å²) in [6.45, 7) is 3.29. The van der Waals surface area contributed by atoms with Crippen molar-refractivity contribution in [3.05, 3.63) is 59.8 Å². The Kier molecular flexibility index (Phi) is 3.01. The minimum Gasteiger partial charge on any atom is -0.333 e. The van der Waals surface area contributed by atoms with Gasteiger partial charge < -0.3 is 10.3 Å². The van der Waals surface area contributed by atoms with E-state index in [2.05, 4.69) is 26.7 Å². The Morgan fingerprint density at radius 3 is 2.89 bits per heavy atom. The second-order valence-electron chi connectivity index (χ2n) is 4.68. The number of fused-ring (bicyclic) bond motifs is 1. The van der Waals surface area contributed by atoms with E-state index in [4.69, 9.17) is 5.73 Å². The molecule has 0 aliphatic heterocycles. The topological polar surface area (TPSA) is 56.7 Å². The number of aryl methyl sites for hydroxylation is 1. The molecule has 1 aromatic carbocycles. The summed E-state index contributed by atoms with van der Waals surface area (Å²) in [4.78, 5) is 8.81. The highest BCUT2D eigenvalue weighted by Gasteiger charge is 2.05. The molecule has 3 aromatic rings. The maximum atomic E-state index is 5.59. The Morgan fingerprint density at radius 1 is 1.26 bits per heavy atom. The van der Waals surface area contributed by atoms with Gasteiger partial charge in [0.1, 0.15) is 0 Å². The molecule has 0 saturated heterocycles. The van der Waals surface area contributed by atoms with Crippen molar-refractivity contribution in [2.45, 2.75) is 20.0 Å². The van der Waals surface area contributed by atoms with Gasteiger partial charge in [-0.3, -0.25) is 4.98 Å². The molecule has 0 aliphatic rings. The van der Waals surface area contributed by atoms with Crippen molar-refractivity contribution in [2.24, 2.45) is 5.73 Å². The first-order chi connectivity index (χ1) is 9.26. The second-order valence-corrected chi connectivity index (χ2v) is 4.68. The van der Waals surface area contributed by atoms with Crippen molar-refractivity contribution >= 4 is 10.9 Å². The third-order valence-corrected chi connectivity index (χ3v) is 3.18. The van der Waals surface area contributed by atoms with Crippen molar-refractivity contribution in [3.63, 3.8) is 0 Å². The van der Waals surface area contributed by atoms with E-state index in [0.717, 1.165) is 23.4 Å². The summed E-state index contributed by atoms with van der Waals surface area (Å²) in [6, 6.07) is 10.3. The van der Waals surface area contributed by atoms with Crippen LogP contribution in [0.3, 0.4) is 0 Å². The van der Waals surface area contributed by atoms with Crippen LogP contribution in [-0.4, -0.2) is 14.5 Å². The molecule has 0 atom stereocenters. The summed E-state index contributed by atoms with van der Waals surface area (Å²) in [7, 11) is 0. The molecule has 96 valence electrons. The van der Waals surface area contributed by atoms with Gasteiger partial charge in [-0.1, -0.05) is 18.2 Å². The Bertz CT molecular complexity index is 715. The lowest BCUT2D eigenvalue weighted by Crippen LogP contribution is -2.00. The lowest BCUT2D eigenvalue weighted by molar-refractivity contribution is 0.799. The Morgan fingerprint density at radius 2 is 2.11 bits per heavy atom. The van der Waals surface area contributed by atoms with E-state index >= 15 is 0 Å². The van der Waals surface area contributed by atoms with Crippen LogP contribution in [0.1, 0.15) is 17.0 Å². The molecule has 4 nitrogen and oxygen atoms in total. The number of imidazole rings is 1. The van der Waals surface area contributed by atoms with Crippen LogP contribution in [0.5, 0.6) is 0 Å². The van der Waals surface area contributed by atoms with Crippen LogP contribution in [-0.2, 0) is 13.1 Å². The number of pyridine rings is 1. The number of hydrogen-bond acceptors (Lipinski definition) is 3. The fraction of sp³-hybridized carbons (Fsp3) is 0.200. The molecule has 4 heteroatoms. The van der Waals surface area contributed by atoms with Crippen molar-refractivity contribution in [1.29, 1.82) is 0 Å². The predicted octanol–water partition coefficient (Wildman–Crippen LogP) is 2.25. The zero-order chi connectivity index (χ0) is 13.2. The fourth-order valence-electron chi connectivity index (χ4n) is 2.32. The summed E-state index contributed by atoms with van der Waals surface area (Å²) < 4.78 is 2.06. The summed E-state index contributed by atoms with van der Waals surface area (Å²) in [6.07, 6.45) is 3.82. The van der Waals surface area contributed by atoms with Gasteiger partial charge >= 0.3 is 0 Å². The molecular weight excluding hydrogens is 236 g/mol. The Labute approximate surface area is 111 Å². The molecule has 3 rings (SSSR count). The molecule has 0 bridgehead atoms. The van der Waals surface area contributed by atoms with Gasteiger partial charge in [0.05, 0.1) is 17.5 Å². The maximum absolute atomic E-state index is 5.59. The van der Waals surface area contributed by atoms with Crippen LogP contribution in [0.2, 0.25) is 0 Å². The number of hydrogen-bond donors (Lipinski definition) is 1. The second kappa shape index (κ2) is 4.82. The molecule has 0 aliphatic carbocycles. The van der Waals surface area contributed by atoms with Crippen molar-refractivity contribution < 1.29 is 0 Å². The van der Waals surface area contributed by atoms with Crippen molar-refractivity contribution in [3.8, 4) is 0 Å². The molecule has 0 fully saturated rings. The van der Waals surface area contributed by atoms with Crippen molar-refractivity contribution in [2.75, 3.05) is 0 Å². The monoisotopic (exact) mass is 252 g/mol. The number of nitrogens with two attached hydrogens (primary N) is 1. The Hall–Kier alpha value is -2.20. The van der Waals surface area contributed by atoms with E-state index in [9.17, 15) is 0 Å². The highest BCUT2D eigenvalue weighted by molar-refractivity contribution is 5.82. The van der Waals surface area contributed by atoms with E-state index in [1.165, 1.54) is 10.9 Å². The summed E-state index contributed by atoms with van der Waals surface area (Å²) in [5, 5.41) is 1.19. The zero-order valence-corrected chi connectivity index (χ0v) is 10.9. The summed E-state index contributed by atoms with van der Waals surface area (Å²) in [5.41, 5.74) is 9.82. The smallest absolute Gasteiger partial charge is 0.0953 e. The lowest BCUT2D eigenvalue weighted by Gasteiger charge is -2.08. The minimum atomic E-state index is 0.475. The highest BCUT2D eigenvalue weighted by atomic mass is 15.0. The average molecular weight is 252 g/mol. The normalized spacial score (nSPS) is 11.1. The largest absolute Gasteiger partial charge is 0.333 e. The molecule has 0 amide bonds. The molecule has 19 heavy (non-hydrogen) atoms. The SMILES string of the molecule is Cc1cc(Cn2cnc(CN)c2)c2ccccc2n1. The van der Waals surface area contributed by atoms with Gasteiger partial charge in [0.15, 0.2) is 0 Å². The molecule has 0 radical (unpaired) electrons. The van der Waals surface area contributed by atoms with Crippen LogP contribution in [0, 0.1) is 6.92 Å². The molecule has 0 spiro atoms. The van der Waals surface area contributed by atoms with Gasteiger partial charge in [-0.15, -0.1) is 0 Å². The molecule has 2 N–H and O–H groups in total. The molecule has 0 saturated carbocycles. The Balaban J connectivity index is 2.04. The maximum Gasteiger partial charge on any atom is 0.0953 e. The van der Waals surface area contributed by atoms with Gasteiger partial charge in [-0.2, -0.15) is 0 Å². The van der Waals surface area contributed by atoms with E-state index in [1.54, 1.807) is 0 Å². The van der Waals surface area contributed by atoms with E-state index in [-0.39, 0.29) is 0 Å².